The molecular formula is C51H32N4O. The molecule has 0 N–H and O–H groups in total. The van der Waals surface area contributed by atoms with Gasteiger partial charge in [-0.15, -0.1) is 0 Å². The Kier molecular flexibility index (Phi) is 7.42. The molecule has 262 valence electrons. The fourth-order valence-electron chi connectivity index (χ4n) is 8.06. The van der Waals surface area contributed by atoms with E-state index < -0.39 is 0 Å². The van der Waals surface area contributed by atoms with Gasteiger partial charge < -0.3 is 8.98 Å². The van der Waals surface area contributed by atoms with E-state index in [1.54, 1.807) is 0 Å². The van der Waals surface area contributed by atoms with Gasteiger partial charge in [-0.25, -0.2) is 15.0 Å². The van der Waals surface area contributed by atoms with Crippen molar-refractivity contribution < 1.29 is 4.42 Å². The molecule has 5 heteroatoms. The maximum absolute atomic E-state index is 6.49. The van der Waals surface area contributed by atoms with Crippen molar-refractivity contribution in [3.63, 3.8) is 0 Å². The molecule has 3 heterocycles. The lowest BCUT2D eigenvalue weighted by molar-refractivity contribution is 0.669. The lowest BCUT2D eigenvalue weighted by Gasteiger charge is -2.17. The minimum absolute atomic E-state index is 0.598. The van der Waals surface area contributed by atoms with E-state index in [-0.39, 0.29) is 0 Å². The van der Waals surface area contributed by atoms with Crippen LogP contribution in [0.2, 0.25) is 0 Å². The molecule has 0 aliphatic carbocycles. The highest BCUT2D eigenvalue weighted by Crippen LogP contribution is 2.42. The normalized spacial score (nSPS) is 11.6. The summed E-state index contributed by atoms with van der Waals surface area (Å²) in [5.41, 5.74) is 12.1. The van der Waals surface area contributed by atoms with Crippen molar-refractivity contribution >= 4 is 43.7 Å². The van der Waals surface area contributed by atoms with E-state index >= 15 is 0 Å². The highest BCUT2D eigenvalue weighted by molar-refractivity contribution is 6.14. The zero-order valence-electron chi connectivity index (χ0n) is 30.2. The number of hydrogen-bond donors (Lipinski definition) is 0. The van der Waals surface area contributed by atoms with Crippen molar-refractivity contribution in [1.29, 1.82) is 0 Å². The molecule has 0 saturated heterocycles. The van der Waals surface area contributed by atoms with Gasteiger partial charge in [0.05, 0.1) is 16.7 Å². The van der Waals surface area contributed by atoms with Crippen LogP contribution < -0.4 is 0 Å². The molecule has 0 amide bonds. The van der Waals surface area contributed by atoms with E-state index in [1.807, 2.05) is 66.7 Å². The summed E-state index contributed by atoms with van der Waals surface area (Å²) in [5.74, 6) is 1.84. The molecule has 0 atom stereocenters. The minimum Gasteiger partial charge on any atom is -0.456 e. The molecule has 0 unspecified atom stereocenters. The van der Waals surface area contributed by atoms with Crippen molar-refractivity contribution in [2.24, 2.45) is 0 Å². The smallest absolute Gasteiger partial charge is 0.166 e. The van der Waals surface area contributed by atoms with Gasteiger partial charge in [0.2, 0.25) is 0 Å². The van der Waals surface area contributed by atoms with Gasteiger partial charge in [-0.1, -0.05) is 152 Å². The largest absolute Gasteiger partial charge is 0.456 e. The third-order valence-corrected chi connectivity index (χ3v) is 10.7. The van der Waals surface area contributed by atoms with Crippen LogP contribution in [0.3, 0.4) is 0 Å². The van der Waals surface area contributed by atoms with Gasteiger partial charge in [0.1, 0.15) is 11.2 Å². The molecule has 56 heavy (non-hydrogen) atoms. The fourth-order valence-corrected chi connectivity index (χ4v) is 8.06. The van der Waals surface area contributed by atoms with E-state index in [0.29, 0.717) is 17.5 Å². The van der Waals surface area contributed by atoms with Crippen LogP contribution in [0.15, 0.2) is 199 Å². The monoisotopic (exact) mass is 716 g/mol. The van der Waals surface area contributed by atoms with Crippen molar-refractivity contribution in [3.8, 4) is 62.1 Å². The summed E-state index contributed by atoms with van der Waals surface area (Å²) < 4.78 is 8.85. The summed E-state index contributed by atoms with van der Waals surface area (Å²) in [6, 6.07) is 67.4. The van der Waals surface area contributed by atoms with Crippen LogP contribution in [0.5, 0.6) is 0 Å². The second-order valence-corrected chi connectivity index (χ2v) is 14.0. The highest BCUT2D eigenvalue weighted by Gasteiger charge is 2.21. The third-order valence-electron chi connectivity index (χ3n) is 10.7. The first-order chi connectivity index (χ1) is 27.8. The highest BCUT2D eigenvalue weighted by atomic mass is 16.3. The lowest BCUT2D eigenvalue weighted by Crippen LogP contribution is -2.04. The van der Waals surface area contributed by atoms with Crippen LogP contribution in [-0.2, 0) is 0 Å². The summed E-state index contributed by atoms with van der Waals surface area (Å²) in [5, 5.41) is 4.53. The first kappa shape index (κ1) is 31.9. The summed E-state index contributed by atoms with van der Waals surface area (Å²) in [6.45, 7) is 0. The number of rotatable bonds is 6. The van der Waals surface area contributed by atoms with Gasteiger partial charge >= 0.3 is 0 Å². The topological polar surface area (TPSA) is 56.7 Å². The second kappa shape index (κ2) is 13.0. The van der Waals surface area contributed by atoms with Crippen LogP contribution in [0.1, 0.15) is 0 Å². The number of hydrogen-bond acceptors (Lipinski definition) is 4. The van der Waals surface area contributed by atoms with E-state index in [4.69, 9.17) is 19.4 Å². The first-order valence-corrected chi connectivity index (χ1v) is 18.8. The Balaban J connectivity index is 1.20. The number of fused-ring (bicyclic) bond motifs is 6. The molecule has 3 aromatic heterocycles. The van der Waals surface area contributed by atoms with Crippen molar-refractivity contribution in [2.45, 2.75) is 0 Å². The number of benzene rings is 8. The van der Waals surface area contributed by atoms with Gasteiger partial charge in [-0.3, -0.25) is 0 Å². The van der Waals surface area contributed by atoms with Crippen molar-refractivity contribution in [1.82, 2.24) is 19.5 Å². The molecule has 0 bridgehead atoms. The molecule has 5 nitrogen and oxygen atoms in total. The van der Waals surface area contributed by atoms with Crippen LogP contribution in [0.25, 0.3) is 106 Å². The Morgan fingerprint density at radius 1 is 0.339 bits per heavy atom. The fraction of sp³-hybridized carbons (Fsp3) is 0. The summed E-state index contributed by atoms with van der Waals surface area (Å²) in [4.78, 5) is 15.4. The summed E-state index contributed by atoms with van der Waals surface area (Å²) in [7, 11) is 0. The van der Waals surface area contributed by atoms with Gasteiger partial charge in [0.15, 0.2) is 17.5 Å². The van der Waals surface area contributed by atoms with Gasteiger partial charge in [0.25, 0.3) is 0 Å². The van der Waals surface area contributed by atoms with E-state index in [1.165, 1.54) is 16.3 Å². The molecule has 0 aliphatic heterocycles. The standard InChI is InChI=1S/C51H32N4O/c1-4-15-33(16-5-1)36-28-30-46-42(31-36)48-38(23-14-26-47(48)56-46)37-27-29-41(45(32-37)55-43-24-12-10-21-39(43)40-22-11-13-25-44(40)55)51-53-49(34-17-6-2-7-18-34)52-50(54-51)35-19-8-3-9-20-35/h1-32H. The van der Waals surface area contributed by atoms with E-state index in [0.717, 1.165) is 72.0 Å². The lowest BCUT2D eigenvalue weighted by atomic mass is 9.96. The van der Waals surface area contributed by atoms with E-state index in [9.17, 15) is 0 Å². The Morgan fingerprint density at radius 2 is 0.893 bits per heavy atom. The van der Waals surface area contributed by atoms with Crippen LogP contribution in [0.4, 0.5) is 0 Å². The van der Waals surface area contributed by atoms with E-state index in [2.05, 4.69) is 132 Å². The molecule has 8 aromatic carbocycles. The van der Waals surface area contributed by atoms with Crippen molar-refractivity contribution in [3.05, 3.63) is 194 Å². The molecule has 0 saturated carbocycles. The number of aromatic nitrogens is 4. The summed E-state index contributed by atoms with van der Waals surface area (Å²) in [6.07, 6.45) is 0. The molecule has 0 aliphatic rings. The zero-order chi connectivity index (χ0) is 37.0. The maximum Gasteiger partial charge on any atom is 0.166 e. The minimum atomic E-state index is 0.598. The Bertz CT molecular complexity index is 3130. The summed E-state index contributed by atoms with van der Waals surface area (Å²) >= 11 is 0. The quantitative estimate of drug-likeness (QED) is 0.172. The third kappa shape index (κ3) is 5.29. The van der Waals surface area contributed by atoms with Crippen LogP contribution in [-0.4, -0.2) is 19.5 Å². The first-order valence-electron chi connectivity index (χ1n) is 18.8. The average Bonchev–Trinajstić information content (AvgIpc) is 3.82. The second-order valence-electron chi connectivity index (χ2n) is 14.0. The predicted octanol–water partition coefficient (Wildman–Crippen LogP) is 13.2. The molecule has 0 fully saturated rings. The Hall–Kier alpha value is -7.63. The van der Waals surface area contributed by atoms with Gasteiger partial charge in [0, 0.05) is 38.2 Å². The van der Waals surface area contributed by atoms with Gasteiger partial charge in [-0.2, -0.15) is 0 Å². The number of furan rings is 1. The maximum atomic E-state index is 6.49. The Labute approximate surface area is 322 Å². The SMILES string of the molecule is c1ccc(-c2ccc3oc4cccc(-c5ccc(-c6nc(-c7ccccc7)nc(-c7ccccc7)n6)c(-n6c7ccccc7c7ccccc76)c5)c4c3c2)cc1. The molecule has 11 rings (SSSR count). The van der Waals surface area contributed by atoms with Crippen molar-refractivity contribution in [2.75, 3.05) is 0 Å². The Morgan fingerprint density at radius 3 is 1.54 bits per heavy atom. The number of para-hydroxylation sites is 2. The average molecular weight is 717 g/mol. The predicted molar refractivity (Wildman–Crippen MR) is 229 cm³/mol. The number of nitrogens with zero attached hydrogens (tertiary/aromatic N) is 4. The molecule has 11 aromatic rings. The van der Waals surface area contributed by atoms with Crippen LogP contribution >= 0.6 is 0 Å². The molecule has 0 spiro atoms. The zero-order valence-corrected chi connectivity index (χ0v) is 30.2. The van der Waals surface area contributed by atoms with Gasteiger partial charge in [-0.05, 0) is 64.7 Å². The van der Waals surface area contributed by atoms with Crippen LogP contribution in [0, 0.1) is 0 Å². The molecular weight excluding hydrogens is 685 g/mol. The molecule has 0 radical (unpaired) electrons.